The number of benzene rings is 3. The van der Waals surface area contributed by atoms with Crippen LogP contribution in [0, 0.1) is 11.6 Å². The highest BCUT2D eigenvalue weighted by atomic mass is 35.5. The van der Waals surface area contributed by atoms with Crippen LogP contribution in [0.25, 0.3) is 22.3 Å². The summed E-state index contributed by atoms with van der Waals surface area (Å²) in [6.07, 6.45) is 1.99. The number of aromatic amines is 1. The molecule has 0 radical (unpaired) electrons. The Balaban J connectivity index is 1.26. The molecule has 7 nitrogen and oxygen atoms in total. The number of nitrogens with one attached hydrogen (secondary N) is 1. The number of aromatic carboxylic acids is 1. The Bertz CT molecular complexity index is 1920. The summed E-state index contributed by atoms with van der Waals surface area (Å²) in [5.41, 5.74) is 4.12. The first-order valence-corrected chi connectivity index (χ1v) is 13.4. The van der Waals surface area contributed by atoms with E-state index in [0.29, 0.717) is 50.8 Å². The number of rotatable bonds is 9. The number of H-pyrrole nitrogens is 1. The van der Waals surface area contributed by atoms with Crippen LogP contribution in [0.5, 0.6) is 5.88 Å². The maximum Gasteiger partial charge on any atom is 0.335 e. The van der Waals surface area contributed by atoms with Crippen LogP contribution in [0.15, 0.2) is 91.1 Å². The molecule has 210 valence electrons. The summed E-state index contributed by atoms with van der Waals surface area (Å²) in [6, 6.07) is 22.9. The molecule has 10 heteroatoms. The van der Waals surface area contributed by atoms with Gasteiger partial charge in [0.25, 0.3) is 0 Å². The lowest BCUT2D eigenvalue weighted by Gasteiger charge is -2.11. The second kappa shape index (κ2) is 11.5. The van der Waals surface area contributed by atoms with Crippen molar-refractivity contribution in [3.8, 4) is 17.1 Å². The molecule has 6 rings (SSSR count). The SMILES string of the molecule is O=C(O)c1ccc2nc(Cc3ccc(-c4cccc(OCc5ccc(Cl)cc5F)n4)cc3F)n(Cc3ccc[nH]3)c2c1. The third-order valence-electron chi connectivity index (χ3n) is 6.88. The van der Waals surface area contributed by atoms with Gasteiger partial charge in [-0.05, 0) is 60.2 Å². The summed E-state index contributed by atoms with van der Waals surface area (Å²) in [5, 5.41) is 9.79. The van der Waals surface area contributed by atoms with E-state index in [1.54, 1.807) is 60.8 Å². The minimum absolute atomic E-state index is 0.0375. The van der Waals surface area contributed by atoms with Crippen molar-refractivity contribution in [3.05, 3.63) is 136 Å². The van der Waals surface area contributed by atoms with Crippen molar-refractivity contribution in [3.63, 3.8) is 0 Å². The zero-order valence-corrected chi connectivity index (χ0v) is 22.8. The molecule has 0 aliphatic carbocycles. The van der Waals surface area contributed by atoms with Crippen LogP contribution in [0.2, 0.25) is 5.02 Å². The number of imidazole rings is 1. The smallest absolute Gasteiger partial charge is 0.335 e. The quantitative estimate of drug-likeness (QED) is 0.186. The van der Waals surface area contributed by atoms with E-state index < -0.39 is 17.6 Å². The van der Waals surface area contributed by atoms with Gasteiger partial charge in [-0.15, -0.1) is 0 Å². The highest BCUT2D eigenvalue weighted by Gasteiger charge is 2.17. The van der Waals surface area contributed by atoms with Crippen molar-refractivity contribution < 1.29 is 23.4 Å². The predicted octanol–water partition coefficient (Wildman–Crippen LogP) is 7.27. The molecular formula is C32H23ClF2N4O3. The highest BCUT2D eigenvalue weighted by molar-refractivity contribution is 6.30. The van der Waals surface area contributed by atoms with Gasteiger partial charge in [-0.2, -0.15) is 0 Å². The molecule has 0 amide bonds. The summed E-state index contributed by atoms with van der Waals surface area (Å²) in [5.74, 6) is -1.08. The van der Waals surface area contributed by atoms with Crippen LogP contribution in [0.1, 0.15) is 33.0 Å². The van der Waals surface area contributed by atoms with E-state index in [9.17, 15) is 14.3 Å². The molecule has 0 unspecified atom stereocenters. The lowest BCUT2D eigenvalue weighted by atomic mass is 10.1. The van der Waals surface area contributed by atoms with Crippen molar-refractivity contribution in [2.75, 3.05) is 0 Å². The number of carboxylic acid groups (broad SMARTS) is 1. The zero-order valence-electron chi connectivity index (χ0n) is 22.0. The van der Waals surface area contributed by atoms with Gasteiger partial charge in [0, 0.05) is 40.5 Å². The molecule has 2 N–H and O–H groups in total. The van der Waals surface area contributed by atoms with Crippen molar-refractivity contribution >= 4 is 28.6 Å². The van der Waals surface area contributed by atoms with Gasteiger partial charge in [-0.3, -0.25) is 0 Å². The molecule has 0 atom stereocenters. The average molecular weight is 585 g/mol. The number of nitrogens with zero attached hydrogens (tertiary/aromatic N) is 3. The Labute approximate surface area is 244 Å². The number of aromatic nitrogens is 4. The highest BCUT2D eigenvalue weighted by Crippen LogP contribution is 2.26. The van der Waals surface area contributed by atoms with Gasteiger partial charge in [0.15, 0.2) is 0 Å². The monoisotopic (exact) mass is 584 g/mol. The zero-order chi connectivity index (χ0) is 29.2. The minimum Gasteiger partial charge on any atom is -0.478 e. The molecule has 42 heavy (non-hydrogen) atoms. The lowest BCUT2D eigenvalue weighted by Crippen LogP contribution is -2.07. The van der Waals surface area contributed by atoms with E-state index in [4.69, 9.17) is 21.3 Å². The van der Waals surface area contributed by atoms with Crippen LogP contribution >= 0.6 is 11.6 Å². The fourth-order valence-corrected chi connectivity index (χ4v) is 4.88. The largest absolute Gasteiger partial charge is 0.478 e. The summed E-state index contributed by atoms with van der Waals surface area (Å²) < 4.78 is 37.2. The fraction of sp³-hybridized carbons (Fsp3) is 0.0938. The van der Waals surface area contributed by atoms with Crippen LogP contribution < -0.4 is 4.74 Å². The number of fused-ring (bicyclic) bond motifs is 1. The predicted molar refractivity (Wildman–Crippen MR) is 155 cm³/mol. The summed E-state index contributed by atoms with van der Waals surface area (Å²) in [7, 11) is 0. The Morgan fingerprint density at radius 3 is 2.52 bits per heavy atom. The number of pyridine rings is 1. The van der Waals surface area contributed by atoms with Gasteiger partial charge in [0.1, 0.15) is 24.1 Å². The van der Waals surface area contributed by atoms with Gasteiger partial charge >= 0.3 is 5.97 Å². The van der Waals surface area contributed by atoms with Crippen molar-refractivity contribution in [2.24, 2.45) is 0 Å². The van der Waals surface area contributed by atoms with E-state index >= 15 is 4.39 Å². The number of hydrogen-bond acceptors (Lipinski definition) is 4. The second-order valence-electron chi connectivity index (χ2n) is 9.69. The fourth-order valence-electron chi connectivity index (χ4n) is 4.72. The van der Waals surface area contributed by atoms with Gasteiger partial charge in [0.2, 0.25) is 5.88 Å². The number of hydrogen-bond donors (Lipinski definition) is 2. The molecule has 0 saturated carbocycles. The van der Waals surface area contributed by atoms with E-state index in [0.717, 1.165) is 5.69 Å². The van der Waals surface area contributed by atoms with Gasteiger partial charge in [0.05, 0.1) is 28.8 Å². The van der Waals surface area contributed by atoms with Gasteiger partial charge in [-0.1, -0.05) is 35.9 Å². The number of carbonyl (C=O) groups is 1. The molecule has 3 aromatic heterocycles. The molecule has 3 aromatic carbocycles. The summed E-state index contributed by atoms with van der Waals surface area (Å²) in [6.45, 7) is 0.377. The molecule has 0 spiro atoms. The number of carboxylic acids is 1. The Morgan fingerprint density at radius 2 is 1.76 bits per heavy atom. The molecule has 3 heterocycles. The topological polar surface area (TPSA) is 93.0 Å². The van der Waals surface area contributed by atoms with Crippen molar-refractivity contribution in [1.29, 1.82) is 0 Å². The van der Waals surface area contributed by atoms with Crippen LogP contribution in [-0.2, 0) is 19.6 Å². The molecule has 0 fully saturated rings. The van der Waals surface area contributed by atoms with Crippen LogP contribution in [0.3, 0.4) is 0 Å². The summed E-state index contributed by atoms with van der Waals surface area (Å²) >= 11 is 5.81. The minimum atomic E-state index is -1.03. The first kappa shape index (κ1) is 27.2. The van der Waals surface area contributed by atoms with E-state index in [-0.39, 0.29) is 24.5 Å². The third kappa shape index (κ3) is 5.73. The van der Waals surface area contributed by atoms with Crippen LogP contribution in [0.4, 0.5) is 8.78 Å². The molecule has 6 aromatic rings. The molecule has 0 saturated heterocycles. The molecule has 0 aliphatic heterocycles. The Hall–Kier alpha value is -5.02. The van der Waals surface area contributed by atoms with Gasteiger partial charge in [-0.25, -0.2) is 23.5 Å². The Kier molecular flexibility index (Phi) is 7.41. The molecular weight excluding hydrogens is 562 g/mol. The van der Waals surface area contributed by atoms with E-state index in [2.05, 4.69) is 9.97 Å². The number of ether oxygens (including phenoxy) is 1. The number of halogens is 3. The summed E-state index contributed by atoms with van der Waals surface area (Å²) in [4.78, 5) is 23.9. The molecule has 0 bridgehead atoms. The van der Waals surface area contributed by atoms with Crippen molar-refractivity contribution in [2.45, 2.75) is 19.6 Å². The first-order valence-electron chi connectivity index (χ1n) is 13.0. The van der Waals surface area contributed by atoms with E-state index in [1.165, 1.54) is 18.2 Å². The second-order valence-corrected chi connectivity index (χ2v) is 10.1. The third-order valence-corrected chi connectivity index (χ3v) is 7.11. The normalized spacial score (nSPS) is 11.2. The first-order chi connectivity index (χ1) is 20.3. The maximum atomic E-state index is 15.5. The standard InChI is InChI=1S/C32H23ClF2N4O3/c33-23-10-8-22(26(35)16-23)18-42-31-5-1-4-27(38-31)20-7-6-19(25(34)13-20)15-30-37-28-11-9-21(32(40)41)14-29(28)39(30)17-24-3-2-12-36-24/h1-14,16,36H,15,17-18H2,(H,40,41). The molecule has 0 aliphatic rings. The van der Waals surface area contributed by atoms with E-state index in [1.807, 2.05) is 16.7 Å². The Morgan fingerprint density at radius 1 is 0.929 bits per heavy atom. The lowest BCUT2D eigenvalue weighted by molar-refractivity contribution is 0.0697. The average Bonchev–Trinajstić information content (AvgIpc) is 3.61. The maximum absolute atomic E-state index is 15.5. The van der Waals surface area contributed by atoms with Crippen LogP contribution in [-0.4, -0.2) is 30.6 Å². The van der Waals surface area contributed by atoms with Crippen molar-refractivity contribution in [1.82, 2.24) is 19.5 Å². The van der Waals surface area contributed by atoms with Gasteiger partial charge < -0.3 is 19.4 Å².